The van der Waals surface area contributed by atoms with Gasteiger partial charge in [0.05, 0.1) is 6.61 Å². The summed E-state index contributed by atoms with van der Waals surface area (Å²) in [5, 5.41) is 0. The first-order valence-electron chi connectivity index (χ1n) is 5.21. The van der Waals surface area contributed by atoms with Gasteiger partial charge in [0.25, 0.3) is 0 Å². The summed E-state index contributed by atoms with van der Waals surface area (Å²) in [5.74, 6) is 2.14. The van der Waals surface area contributed by atoms with Crippen LogP contribution in [0.3, 0.4) is 0 Å². The van der Waals surface area contributed by atoms with Crippen LogP contribution in [0.5, 0.6) is 5.75 Å². The molecular weight excluding hydrogens is 300 g/mol. The molecule has 0 unspecified atom stereocenters. The van der Waals surface area contributed by atoms with Gasteiger partial charge in [-0.15, -0.1) is 0 Å². The van der Waals surface area contributed by atoms with Gasteiger partial charge in [0.15, 0.2) is 6.61 Å². The number of Topliss-reactive ketones (excluding diaryl/α,β-unsaturated/α-hetero) is 1. The highest BCUT2D eigenvalue weighted by molar-refractivity contribution is 9.12. The van der Waals surface area contributed by atoms with Gasteiger partial charge in [-0.05, 0) is 41.9 Å². The van der Waals surface area contributed by atoms with Crippen LogP contribution < -0.4 is 4.74 Å². The number of rotatable bonds is 5. The minimum absolute atomic E-state index is 0.150. The molecule has 0 aliphatic rings. The number of carbonyl (C=O) groups excluding carboxylic acids is 2. The van der Waals surface area contributed by atoms with Crippen LogP contribution in [-0.4, -0.2) is 25.0 Å². The van der Waals surface area contributed by atoms with Crippen LogP contribution in [0.1, 0.15) is 17.3 Å². The van der Waals surface area contributed by atoms with E-state index >= 15 is 0 Å². The first kappa shape index (κ1) is 14.3. The number of ketones is 1. The Kier molecular flexibility index (Phi) is 5.95. The first-order chi connectivity index (χ1) is 8.67. The monoisotopic (exact) mass is 310 g/mol. The summed E-state index contributed by atoms with van der Waals surface area (Å²) in [6.45, 7) is 1.90. The third-order valence-electron chi connectivity index (χ3n) is 1.94. The first-order valence-corrected chi connectivity index (χ1v) is 6.01. The normalized spacial score (nSPS) is 9.00. The van der Waals surface area contributed by atoms with Crippen LogP contribution in [0.25, 0.3) is 0 Å². The summed E-state index contributed by atoms with van der Waals surface area (Å²) in [6.07, 6.45) is 0. The van der Waals surface area contributed by atoms with Crippen molar-refractivity contribution in [1.82, 2.24) is 0 Å². The van der Waals surface area contributed by atoms with E-state index in [0.29, 0.717) is 17.9 Å². The Morgan fingerprint density at radius 3 is 2.50 bits per heavy atom. The number of ether oxygens (including phenoxy) is 2. The van der Waals surface area contributed by atoms with E-state index in [0.717, 1.165) is 0 Å². The van der Waals surface area contributed by atoms with Gasteiger partial charge in [0.1, 0.15) is 5.75 Å². The van der Waals surface area contributed by atoms with Crippen molar-refractivity contribution in [3.05, 3.63) is 29.8 Å². The standard InChI is InChI=1S/C13H11BrO4/c1-2-17-13(16)9-18-11-5-3-10(4-6-11)12(15)7-8-14/h3-6H,2,9H2,1H3. The van der Waals surface area contributed by atoms with Crippen molar-refractivity contribution in [2.45, 2.75) is 6.92 Å². The molecule has 0 atom stereocenters. The van der Waals surface area contributed by atoms with Gasteiger partial charge in [-0.3, -0.25) is 4.79 Å². The molecule has 1 aromatic rings. The number of hydrogen-bond acceptors (Lipinski definition) is 4. The lowest BCUT2D eigenvalue weighted by Crippen LogP contribution is -2.14. The van der Waals surface area contributed by atoms with E-state index in [9.17, 15) is 9.59 Å². The van der Waals surface area contributed by atoms with E-state index in [1.165, 1.54) is 0 Å². The molecule has 0 amide bonds. The Balaban J connectivity index is 2.57. The zero-order chi connectivity index (χ0) is 13.4. The molecule has 0 heterocycles. The molecule has 0 bridgehead atoms. The lowest BCUT2D eigenvalue weighted by Gasteiger charge is -2.05. The van der Waals surface area contributed by atoms with Gasteiger partial charge in [0, 0.05) is 21.5 Å². The quantitative estimate of drug-likeness (QED) is 0.475. The number of hydrogen-bond donors (Lipinski definition) is 0. The van der Waals surface area contributed by atoms with E-state index in [1.54, 1.807) is 31.2 Å². The van der Waals surface area contributed by atoms with E-state index in [1.807, 2.05) is 0 Å². The third kappa shape index (κ3) is 4.60. The maximum absolute atomic E-state index is 11.4. The third-order valence-corrected chi connectivity index (χ3v) is 2.14. The van der Waals surface area contributed by atoms with Crippen molar-refractivity contribution in [2.24, 2.45) is 0 Å². The SMILES string of the molecule is CCOC(=O)COc1ccc(C(=O)C#CBr)cc1. The number of halogens is 1. The minimum Gasteiger partial charge on any atom is -0.482 e. The van der Waals surface area contributed by atoms with Crippen molar-refractivity contribution in [2.75, 3.05) is 13.2 Å². The molecule has 0 saturated carbocycles. The maximum atomic E-state index is 11.4. The van der Waals surface area contributed by atoms with E-state index in [2.05, 4.69) is 26.7 Å². The smallest absolute Gasteiger partial charge is 0.344 e. The second-order valence-electron chi connectivity index (χ2n) is 3.17. The fraction of sp³-hybridized carbons (Fsp3) is 0.231. The average molecular weight is 311 g/mol. The fourth-order valence-corrected chi connectivity index (χ4v) is 1.34. The Bertz CT molecular complexity index is 482. The highest BCUT2D eigenvalue weighted by atomic mass is 79.9. The predicted molar refractivity (Wildman–Crippen MR) is 69.6 cm³/mol. The fourth-order valence-electron chi connectivity index (χ4n) is 1.16. The molecule has 5 heteroatoms. The summed E-state index contributed by atoms with van der Waals surface area (Å²) in [5.41, 5.74) is 0.463. The Hall–Kier alpha value is -1.80. The molecule has 0 spiro atoms. The Labute approximate surface area is 113 Å². The highest BCUT2D eigenvalue weighted by Gasteiger charge is 2.05. The molecule has 18 heavy (non-hydrogen) atoms. The largest absolute Gasteiger partial charge is 0.482 e. The van der Waals surface area contributed by atoms with Crippen molar-refractivity contribution < 1.29 is 19.1 Å². The Morgan fingerprint density at radius 1 is 1.28 bits per heavy atom. The maximum Gasteiger partial charge on any atom is 0.344 e. The van der Waals surface area contributed by atoms with E-state index in [4.69, 9.17) is 9.47 Å². The van der Waals surface area contributed by atoms with Gasteiger partial charge in [-0.25, -0.2) is 4.79 Å². The minimum atomic E-state index is -0.428. The van der Waals surface area contributed by atoms with Gasteiger partial charge in [-0.2, -0.15) is 0 Å². The van der Waals surface area contributed by atoms with Crippen molar-refractivity contribution in [1.29, 1.82) is 0 Å². The molecule has 0 aromatic heterocycles. The predicted octanol–water partition coefficient (Wildman–Crippen LogP) is 2.17. The molecule has 0 aliphatic heterocycles. The molecule has 0 radical (unpaired) electrons. The molecule has 1 rings (SSSR count). The lowest BCUT2D eigenvalue weighted by molar-refractivity contribution is -0.145. The van der Waals surface area contributed by atoms with Gasteiger partial charge >= 0.3 is 5.97 Å². The lowest BCUT2D eigenvalue weighted by atomic mass is 10.1. The number of carbonyl (C=O) groups is 2. The van der Waals surface area contributed by atoms with Crippen LogP contribution in [0.4, 0.5) is 0 Å². The van der Waals surface area contributed by atoms with Gasteiger partial charge in [-0.1, -0.05) is 0 Å². The zero-order valence-corrected chi connectivity index (χ0v) is 11.3. The van der Waals surface area contributed by atoms with E-state index < -0.39 is 5.97 Å². The van der Waals surface area contributed by atoms with Crippen LogP contribution in [0.15, 0.2) is 24.3 Å². The molecule has 0 fully saturated rings. The van der Waals surface area contributed by atoms with Crippen LogP contribution in [0, 0.1) is 10.8 Å². The van der Waals surface area contributed by atoms with Crippen molar-refractivity contribution in [3.8, 4) is 16.5 Å². The van der Waals surface area contributed by atoms with Crippen molar-refractivity contribution >= 4 is 27.7 Å². The number of esters is 1. The second kappa shape index (κ2) is 7.51. The van der Waals surface area contributed by atoms with Gasteiger partial charge in [0.2, 0.25) is 5.78 Å². The van der Waals surface area contributed by atoms with Crippen molar-refractivity contribution in [3.63, 3.8) is 0 Å². The van der Waals surface area contributed by atoms with Crippen LogP contribution in [-0.2, 0) is 9.53 Å². The molecule has 0 saturated heterocycles. The Morgan fingerprint density at radius 2 is 1.94 bits per heavy atom. The molecule has 0 N–H and O–H groups in total. The van der Waals surface area contributed by atoms with Gasteiger partial charge < -0.3 is 9.47 Å². The zero-order valence-electron chi connectivity index (χ0n) is 9.73. The molecule has 1 aromatic carbocycles. The summed E-state index contributed by atoms with van der Waals surface area (Å²) in [4.78, 5) is 24.8. The van der Waals surface area contributed by atoms with E-state index in [-0.39, 0.29) is 12.4 Å². The number of benzene rings is 1. The average Bonchev–Trinajstić information content (AvgIpc) is 2.37. The molecule has 94 valence electrons. The summed E-state index contributed by atoms with van der Waals surface area (Å²) in [7, 11) is 0. The topological polar surface area (TPSA) is 52.6 Å². The van der Waals surface area contributed by atoms with Crippen LogP contribution >= 0.6 is 15.9 Å². The molecule has 0 aliphatic carbocycles. The summed E-state index contributed by atoms with van der Waals surface area (Å²) < 4.78 is 9.90. The summed E-state index contributed by atoms with van der Waals surface area (Å²) in [6, 6.07) is 6.37. The molecule has 4 nitrogen and oxygen atoms in total. The second-order valence-corrected chi connectivity index (χ2v) is 3.56. The summed E-state index contributed by atoms with van der Waals surface area (Å²) >= 11 is 2.86. The molecular formula is C13H11BrO4. The highest BCUT2D eigenvalue weighted by Crippen LogP contribution is 2.12. The van der Waals surface area contributed by atoms with Crippen LogP contribution in [0.2, 0.25) is 0 Å².